The second-order valence-electron chi connectivity index (χ2n) is 4.56. The van der Waals surface area contributed by atoms with Gasteiger partial charge in [0.25, 0.3) is 10.2 Å². The molecule has 0 unspecified atom stereocenters. The third-order valence-corrected chi connectivity index (χ3v) is 4.89. The number of hydrogen-bond donors (Lipinski definition) is 2. The van der Waals surface area contributed by atoms with Crippen LogP contribution in [-0.4, -0.2) is 58.7 Å². The van der Waals surface area contributed by atoms with Gasteiger partial charge < -0.3 is 10.1 Å². The van der Waals surface area contributed by atoms with E-state index in [1.807, 2.05) is 0 Å². The lowest BCUT2D eigenvalue weighted by Crippen LogP contribution is -2.51. The van der Waals surface area contributed by atoms with E-state index in [2.05, 4.69) is 10.0 Å². The van der Waals surface area contributed by atoms with Crippen molar-refractivity contribution in [2.45, 2.75) is 12.8 Å². The molecule has 0 spiro atoms. The Bertz CT molecular complexity index is 322. The molecular weight excluding hydrogens is 242 g/mol. The Balaban J connectivity index is 1.79. The second-order valence-corrected chi connectivity index (χ2v) is 6.31. The third kappa shape index (κ3) is 3.89. The molecule has 0 aliphatic carbocycles. The molecule has 0 amide bonds. The van der Waals surface area contributed by atoms with Gasteiger partial charge in [0.2, 0.25) is 0 Å². The highest BCUT2D eigenvalue weighted by molar-refractivity contribution is 7.87. The first-order valence-electron chi connectivity index (χ1n) is 6.22. The summed E-state index contributed by atoms with van der Waals surface area (Å²) in [6.07, 6.45) is 1.90. The van der Waals surface area contributed by atoms with E-state index in [1.165, 1.54) is 4.31 Å². The Morgan fingerprint density at radius 2 is 1.88 bits per heavy atom. The van der Waals surface area contributed by atoms with Gasteiger partial charge >= 0.3 is 0 Å². The van der Waals surface area contributed by atoms with Gasteiger partial charge in [-0.1, -0.05) is 0 Å². The van der Waals surface area contributed by atoms with Crippen molar-refractivity contribution in [3.63, 3.8) is 0 Å². The predicted octanol–water partition coefficient (Wildman–Crippen LogP) is -0.847. The van der Waals surface area contributed by atoms with E-state index < -0.39 is 10.2 Å². The minimum Gasteiger partial charge on any atom is -0.381 e. The molecular formula is C10H21N3O3S. The standard InChI is InChI=1S/C10H21N3O3S/c14-17(15,13-5-3-11-4-6-13)12-9-10-1-7-16-8-2-10/h10-12H,1-9H2. The van der Waals surface area contributed by atoms with E-state index in [0.717, 1.165) is 39.1 Å². The lowest BCUT2D eigenvalue weighted by atomic mass is 10.0. The highest BCUT2D eigenvalue weighted by Crippen LogP contribution is 2.14. The van der Waals surface area contributed by atoms with E-state index in [4.69, 9.17) is 4.74 Å². The molecule has 2 saturated heterocycles. The van der Waals surface area contributed by atoms with Crippen molar-refractivity contribution < 1.29 is 13.2 Å². The van der Waals surface area contributed by atoms with Crippen LogP contribution in [0.15, 0.2) is 0 Å². The van der Waals surface area contributed by atoms with Crippen molar-refractivity contribution >= 4 is 10.2 Å². The molecule has 2 aliphatic rings. The monoisotopic (exact) mass is 263 g/mol. The van der Waals surface area contributed by atoms with Gasteiger partial charge in [-0.3, -0.25) is 0 Å². The molecule has 2 aliphatic heterocycles. The first-order chi connectivity index (χ1) is 8.18. The fraction of sp³-hybridized carbons (Fsp3) is 1.00. The summed E-state index contributed by atoms with van der Waals surface area (Å²) < 4.78 is 33.5. The summed E-state index contributed by atoms with van der Waals surface area (Å²) in [6, 6.07) is 0. The van der Waals surface area contributed by atoms with E-state index in [1.54, 1.807) is 0 Å². The summed E-state index contributed by atoms with van der Waals surface area (Å²) in [6.45, 7) is 4.62. The van der Waals surface area contributed by atoms with Crippen LogP contribution < -0.4 is 10.0 Å². The number of piperazine rings is 1. The minimum absolute atomic E-state index is 0.418. The summed E-state index contributed by atoms with van der Waals surface area (Å²) >= 11 is 0. The Hall–Kier alpha value is -0.210. The average Bonchev–Trinajstić information content (AvgIpc) is 2.39. The first kappa shape index (κ1) is 13.2. The molecule has 0 radical (unpaired) electrons. The van der Waals surface area contributed by atoms with Crippen LogP contribution in [0, 0.1) is 5.92 Å². The SMILES string of the molecule is O=S(=O)(NCC1CCOCC1)N1CCNCC1. The van der Waals surface area contributed by atoms with Gasteiger partial charge in [-0.2, -0.15) is 12.7 Å². The van der Waals surface area contributed by atoms with Crippen molar-refractivity contribution in [3.05, 3.63) is 0 Å². The molecule has 17 heavy (non-hydrogen) atoms. The molecule has 0 aromatic rings. The zero-order valence-electron chi connectivity index (χ0n) is 10.0. The van der Waals surface area contributed by atoms with Crippen molar-refractivity contribution in [3.8, 4) is 0 Å². The molecule has 2 N–H and O–H groups in total. The normalized spacial score (nSPS) is 24.9. The van der Waals surface area contributed by atoms with Crippen LogP contribution >= 0.6 is 0 Å². The van der Waals surface area contributed by atoms with E-state index in [-0.39, 0.29) is 0 Å². The lowest BCUT2D eigenvalue weighted by Gasteiger charge is -2.28. The maximum atomic E-state index is 12.0. The van der Waals surface area contributed by atoms with Crippen molar-refractivity contribution in [2.75, 3.05) is 45.9 Å². The van der Waals surface area contributed by atoms with Gasteiger partial charge in [-0.15, -0.1) is 0 Å². The smallest absolute Gasteiger partial charge is 0.279 e. The molecule has 2 rings (SSSR count). The van der Waals surface area contributed by atoms with Crippen LogP contribution in [-0.2, 0) is 14.9 Å². The molecule has 6 nitrogen and oxygen atoms in total. The molecule has 0 aromatic heterocycles. The van der Waals surface area contributed by atoms with Crippen molar-refractivity contribution in [1.82, 2.24) is 14.3 Å². The number of nitrogens with zero attached hydrogens (tertiary/aromatic N) is 1. The highest BCUT2D eigenvalue weighted by atomic mass is 32.2. The molecule has 2 heterocycles. The largest absolute Gasteiger partial charge is 0.381 e. The van der Waals surface area contributed by atoms with Gasteiger partial charge in [-0.05, 0) is 18.8 Å². The maximum Gasteiger partial charge on any atom is 0.279 e. The average molecular weight is 263 g/mol. The van der Waals surface area contributed by atoms with Gasteiger partial charge in [0.15, 0.2) is 0 Å². The Morgan fingerprint density at radius 3 is 2.53 bits per heavy atom. The Morgan fingerprint density at radius 1 is 1.24 bits per heavy atom. The lowest BCUT2D eigenvalue weighted by molar-refractivity contribution is 0.0677. The fourth-order valence-electron chi connectivity index (χ4n) is 2.15. The number of nitrogens with one attached hydrogen (secondary N) is 2. The van der Waals surface area contributed by atoms with Gasteiger partial charge in [-0.25, -0.2) is 4.72 Å². The van der Waals surface area contributed by atoms with Crippen LogP contribution in [0.4, 0.5) is 0 Å². The molecule has 0 aromatic carbocycles. The minimum atomic E-state index is -3.28. The van der Waals surface area contributed by atoms with Gasteiger partial charge in [0.05, 0.1) is 0 Å². The molecule has 0 bridgehead atoms. The topological polar surface area (TPSA) is 70.7 Å². The third-order valence-electron chi connectivity index (χ3n) is 3.31. The first-order valence-corrected chi connectivity index (χ1v) is 7.66. The van der Waals surface area contributed by atoms with Gasteiger partial charge in [0.1, 0.15) is 0 Å². The Labute approximate surface area is 103 Å². The van der Waals surface area contributed by atoms with Gasteiger partial charge in [0, 0.05) is 45.9 Å². The molecule has 2 fully saturated rings. The summed E-state index contributed by atoms with van der Waals surface area (Å²) in [5.41, 5.74) is 0. The van der Waals surface area contributed by atoms with Crippen LogP contribution in [0.3, 0.4) is 0 Å². The fourth-order valence-corrected chi connectivity index (χ4v) is 3.44. The maximum absolute atomic E-state index is 12.0. The number of rotatable bonds is 4. The number of ether oxygens (including phenoxy) is 1. The number of hydrogen-bond acceptors (Lipinski definition) is 4. The summed E-state index contributed by atoms with van der Waals surface area (Å²) in [5, 5.41) is 3.14. The van der Waals surface area contributed by atoms with E-state index in [9.17, 15) is 8.42 Å². The molecule has 0 atom stereocenters. The van der Waals surface area contributed by atoms with Crippen LogP contribution in [0.1, 0.15) is 12.8 Å². The molecule has 100 valence electrons. The predicted molar refractivity (Wildman–Crippen MR) is 64.9 cm³/mol. The Kier molecular flexibility index (Phi) is 4.75. The molecule has 7 heteroatoms. The highest BCUT2D eigenvalue weighted by Gasteiger charge is 2.24. The van der Waals surface area contributed by atoms with Crippen LogP contribution in [0.25, 0.3) is 0 Å². The van der Waals surface area contributed by atoms with Crippen molar-refractivity contribution in [2.24, 2.45) is 5.92 Å². The summed E-state index contributed by atoms with van der Waals surface area (Å²) in [4.78, 5) is 0. The molecule has 0 saturated carbocycles. The van der Waals surface area contributed by atoms with Crippen molar-refractivity contribution in [1.29, 1.82) is 0 Å². The van der Waals surface area contributed by atoms with E-state index in [0.29, 0.717) is 25.6 Å². The second kappa shape index (κ2) is 6.10. The van der Waals surface area contributed by atoms with Crippen LogP contribution in [0.2, 0.25) is 0 Å². The zero-order valence-corrected chi connectivity index (χ0v) is 10.8. The van der Waals surface area contributed by atoms with Crippen LogP contribution in [0.5, 0.6) is 0 Å². The summed E-state index contributed by atoms with van der Waals surface area (Å²) in [5.74, 6) is 0.418. The quantitative estimate of drug-likeness (QED) is 0.693. The zero-order chi connectivity index (χ0) is 12.1. The van der Waals surface area contributed by atoms with E-state index >= 15 is 0 Å². The summed E-state index contributed by atoms with van der Waals surface area (Å²) in [7, 11) is -3.28.